The van der Waals surface area contributed by atoms with E-state index in [0.717, 1.165) is 11.1 Å². The van der Waals surface area contributed by atoms with Crippen LogP contribution in [0.2, 0.25) is 0 Å². The van der Waals surface area contributed by atoms with E-state index in [4.69, 9.17) is 34.8 Å². The zero-order valence-corrected chi connectivity index (χ0v) is 18.0. The van der Waals surface area contributed by atoms with Gasteiger partial charge in [-0.05, 0) is 28.7 Å². The minimum absolute atomic E-state index is 0.0532. The molecule has 0 radical (unpaired) electrons. The van der Waals surface area contributed by atoms with Gasteiger partial charge in [0.2, 0.25) is 9.74 Å². The van der Waals surface area contributed by atoms with E-state index in [9.17, 15) is 0 Å². The third-order valence-electron chi connectivity index (χ3n) is 4.10. The first-order valence-corrected chi connectivity index (χ1v) is 9.83. The highest BCUT2D eigenvalue weighted by Gasteiger charge is 2.28. The van der Waals surface area contributed by atoms with Crippen LogP contribution in [0.4, 0.5) is 5.95 Å². The normalized spacial score (nSPS) is 12.1. The summed E-state index contributed by atoms with van der Waals surface area (Å²) in [5, 5.41) is 3.15. The molecule has 1 aromatic carbocycles. The standard InChI is InChI=1S/C20H20Cl3N5/c1-19(2,3)15-6-4-14(5-7-15)16-26-17(20(21,22)23)28-18(27-16)25-12-13-8-10-24-11-9-13/h4-11H,12H2,1-3H3,(H,25,26,27,28). The molecule has 146 valence electrons. The number of alkyl halides is 3. The molecule has 0 saturated carbocycles. The van der Waals surface area contributed by atoms with Crippen LogP contribution in [0.3, 0.4) is 0 Å². The van der Waals surface area contributed by atoms with Crippen molar-refractivity contribution in [2.75, 3.05) is 5.32 Å². The Morgan fingerprint density at radius 3 is 2.07 bits per heavy atom. The van der Waals surface area contributed by atoms with Gasteiger partial charge in [0, 0.05) is 24.5 Å². The Morgan fingerprint density at radius 1 is 0.857 bits per heavy atom. The van der Waals surface area contributed by atoms with Crippen molar-refractivity contribution in [3.05, 3.63) is 65.7 Å². The number of hydrogen-bond acceptors (Lipinski definition) is 5. The molecule has 8 heteroatoms. The molecule has 0 atom stereocenters. The molecule has 0 fully saturated rings. The summed E-state index contributed by atoms with van der Waals surface area (Å²) in [6.07, 6.45) is 3.44. The van der Waals surface area contributed by atoms with Gasteiger partial charge < -0.3 is 5.32 Å². The number of hydrogen-bond donors (Lipinski definition) is 1. The lowest BCUT2D eigenvalue weighted by Gasteiger charge is -2.19. The van der Waals surface area contributed by atoms with Crippen molar-refractivity contribution in [3.8, 4) is 11.4 Å². The summed E-state index contributed by atoms with van der Waals surface area (Å²) in [5.74, 6) is 0.844. The van der Waals surface area contributed by atoms with Crippen molar-refractivity contribution >= 4 is 40.8 Å². The molecule has 0 spiro atoms. The Hall–Kier alpha value is -1.95. The van der Waals surface area contributed by atoms with Gasteiger partial charge in [0.25, 0.3) is 0 Å². The second-order valence-electron chi connectivity index (χ2n) is 7.34. The minimum Gasteiger partial charge on any atom is -0.350 e. The number of nitrogens with zero attached hydrogens (tertiary/aromatic N) is 4. The first kappa shape index (κ1) is 20.8. The van der Waals surface area contributed by atoms with Crippen LogP contribution in [0, 0.1) is 0 Å². The Balaban J connectivity index is 1.94. The van der Waals surface area contributed by atoms with Gasteiger partial charge in [-0.3, -0.25) is 4.98 Å². The van der Waals surface area contributed by atoms with E-state index in [1.54, 1.807) is 12.4 Å². The summed E-state index contributed by atoms with van der Waals surface area (Å²) < 4.78 is -1.75. The molecule has 2 aromatic heterocycles. The van der Waals surface area contributed by atoms with Crippen molar-refractivity contribution in [1.29, 1.82) is 0 Å². The maximum Gasteiger partial charge on any atom is 0.250 e. The van der Waals surface area contributed by atoms with E-state index >= 15 is 0 Å². The van der Waals surface area contributed by atoms with Crippen molar-refractivity contribution in [2.24, 2.45) is 0 Å². The lowest BCUT2D eigenvalue weighted by Crippen LogP contribution is -2.14. The van der Waals surface area contributed by atoms with E-state index in [0.29, 0.717) is 18.3 Å². The summed E-state index contributed by atoms with van der Waals surface area (Å²) >= 11 is 18.1. The topological polar surface area (TPSA) is 63.6 Å². The molecule has 5 nitrogen and oxygen atoms in total. The van der Waals surface area contributed by atoms with Gasteiger partial charge in [0.1, 0.15) is 0 Å². The summed E-state index contributed by atoms with van der Waals surface area (Å²) in [5.41, 5.74) is 3.11. The number of anilines is 1. The van der Waals surface area contributed by atoms with Gasteiger partial charge in [-0.25, -0.2) is 4.98 Å². The molecule has 0 aliphatic rings. The molecule has 28 heavy (non-hydrogen) atoms. The van der Waals surface area contributed by atoms with Crippen LogP contribution < -0.4 is 5.32 Å². The molecule has 0 amide bonds. The van der Waals surface area contributed by atoms with E-state index < -0.39 is 3.79 Å². The third-order valence-corrected chi connectivity index (χ3v) is 4.61. The van der Waals surface area contributed by atoms with Gasteiger partial charge in [-0.1, -0.05) is 79.8 Å². The summed E-state index contributed by atoms with van der Waals surface area (Å²) in [7, 11) is 0. The van der Waals surface area contributed by atoms with E-state index in [2.05, 4.69) is 58.2 Å². The van der Waals surface area contributed by atoms with Crippen LogP contribution in [-0.4, -0.2) is 19.9 Å². The molecule has 0 aliphatic carbocycles. The summed E-state index contributed by atoms with van der Waals surface area (Å²) in [6.45, 7) is 6.99. The van der Waals surface area contributed by atoms with Crippen LogP contribution in [0.15, 0.2) is 48.8 Å². The maximum absolute atomic E-state index is 6.03. The van der Waals surface area contributed by atoms with Gasteiger partial charge >= 0.3 is 0 Å². The van der Waals surface area contributed by atoms with Gasteiger partial charge in [-0.15, -0.1) is 0 Å². The lowest BCUT2D eigenvalue weighted by atomic mass is 9.87. The van der Waals surface area contributed by atoms with E-state index in [-0.39, 0.29) is 11.2 Å². The molecule has 3 aromatic rings. The Bertz CT molecular complexity index is 933. The zero-order chi connectivity index (χ0) is 20.4. The maximum atomic E-state index is 6.03. The number of benzene rings is 1. The highest BCUT2D eigenvalue weighted by atomic mass is 35.6. The molecule has 0 bridgehead atoms. The van der Waals surface area contributed by atoms with Crippen LogP contribution in [-0.2, 0) is 15.8 Å². The molecular weight excluding hydrogens is 417 g/mol. The molecular formula is C20H20Cl3N5. The fourth-order valence-electron chi connectivity index (χ4n) is 2.51. The molecule has 0 unspecified atom stereocenters. The first-order chi connectivity index (χ1) is 13.1. The fraction of sp³-hybridized carbons (Fsp3) is 0.300. The SMILES string of the molecule is CC(C)(C)c1ccc(-c2nc(NCc3ccncc3)nc(C(Cl)(Cl)Cl)n2)cc1. The highest BCUT2D eigenvalue weighted by Crippen LogP contribution is 2.37. The van der Waals surface area contributed by atoms with E-state index in [1.165, 1.54) is 5.56 Å². The minimum atomic E-state index is -1.75. The quantitative estimate of drug-likeness (QED) is 0.534. The van der Waals surface area contributed by atoms with Crippen molar-refractivity contribution in [2.45, 2.75) is 36.5 Å². The number of rotatable bonds is 4. The zero-order valence-electron chi connectivity index (χ0n) is 15.7. The highest BCUT2D eigenvalue weighted by molar-refractivity contribution is 6.66. The van der Waals surface area contributed by atoms with Gasteiger partial charge in [0.05, 0.1) is 0 Å². The predicted molar refractivity (Wildman–Crippen MR) is 115 cm³/mol. The van der Waals surface area contributed by atoms with Gasteiger partial charge in [-0.2, -0.15) is 9.97 Å². The van der Waals surface area contributed by atoms with Gasteiger partial charge in [0.15, 0.2) is 11.6 Å². The number of nitrogens with one attached hydrogen (secondary N) is 1. The predicted octanol–water partition coefficient (Wildman–Crippen LogP) is 5.67. The molecule has 3 rings (SSSR count). The van der Waals surface area contributed by atoms with Crippen LogP contribution in [0.5, 0.6) is 0 Å². The Labute approximate surface area is 179 Å². The second kappa shape index (κ2) is 8.19. The molecule has 2 heterocycles. The Kier molecular flexibility index (Phi) is 6.08. The second-order valence-corrected chi connectivity index (χ2v) is 9.62. The van der Waals surface area contributed by atoms with Crippen molar-refractivity contribution in [3.63, 3.8) is 0 Å². The number of aromatic nitrogens is 4. The average Bonchev–Trinajstić information content (AvgIpc) is 2.66. The average molecular weight is 437 g/mol. The van der Waals surface area contributed by atoms with Crippen LogP contribution >= 0.6 is 34.8 Å². The summed E-state index contributed by atoms with van der Waals surface area (Å²) in [6, 6.07) is 11.8. The largest absolute Gasteiger partial charge is 0.350 e. The Morgan fingerprint density at radius 2 is 1.50 bits per heavy atom. The van der Waals surface area contributed by atoms with Crippen molar-refractivity contribution in [1.82, 2.24) is 19.9 Å². The molecule has 0 aliphatic heterocycles. The molecule has 1 N–H and O–H groups in total. The fourth-order valence-corrected chi connectivity index (χ4v) is 2.77. The van der Waals surface area contributed by atoms with E-state index in [1.807, 2.05) is 24.3 Å². The van der Waals surface area contributed by atoms with Crippen molar-refractivity contribution < 1.29 is 0 Å². The van der Waals surface area contributed by atoms with Crippen LogP contribution in [0.25, 0.3) is 11.4 Å². The monoisotopic (exact) mass is 435 g/mol. The number of pyridine rings is 1. The smallest absolute Gasteiger partial charge is 0.250 e. The summed E-state index contributed by atoms with van der Waals surface area (Å²) in [4.78, 5) is 17.1. The first-order valence-electron chi connectivity index (χ1n) is 8.70. The molecule has 0 saturated heterocycles. The van der Waals surface area contributed by atoms with Crippen LogP contribution in [0.1, 0.15) is 37.7 Å². The number of halogens is 3. The third kappa shape index (κ3) is 5.31. The lowest BCUT2D eigenvalue weighted by molar-refractivity contribution is 0.590.